The Morgan fingerprint density at radius 3 is 2.26 bits per heavy atom. The van der Waals surface area contributed by atoms with E-state index in [-0.39, 0.29) is 48.9 Å². The van der Waals surface area contributed by atoms with Crippen LogP contribution >= 0.6 is 0 Å². The molecule has 6 heteroatoms. The fourth-order valence-corrected chi connectivity index (χ4v) is 6.57. The average Bonchev–Trinajstić information content (AvgIpc) is 3.45. The van der Waals surface area contributed by atoms with Crippen LogP contribution in [0.3, 0.4) is 0 Å². The minimum atomic E-state index is 0. The first-order valence-electron chi connectivity index (χ1n) is 16.9. The third kappa shape index (κ3) is 7.60. The van der Waals surface area contributed by atoms with Crippen LogP contribution in [0.5, 0.6) is 0 Å². The number of carbonyl (C=O) groups excluding carboxylic acids is 1. The molecule has 0 saturated carbocycles. The Bertz CT molecular complexity index is 1870. The van der Waals surface area contributed by atoms with Crippen LogP contribution < -0.4 is 0 Å². The molecule has 47 heavy (non-hydrogen) atoms. The smallest absolute Gasteiger partial charge is 0.162 e. The minimum absolute atomic E-state index is 0. The Morgan fingerprint density at radius 1 is 0.894 bits per heavy atom. The molecule has 0 bridgehead atoms. The summed E-state index contributed by atoms with van der Waals surface area (Å²) in [6, 6.07) is 20.5. The van der Waals surface area contributed by atoms with Crippen molar-refractivity contribution in [2.24, 2.45) is 11.8 Å². The minimum Gasteiger partial charge on any atom is -0.512 e. The third-order valence-corrected chi connectivity index (χ3v) is 9.35. The van der Waals surface area contributed by atoms with Crippen LogP contribution in [0, 0.1) is 17.9 Å². The van der Waals surface area contributed by atoms with Crippen molar-refractivity contribution in [2.45, 2.75) is 92.4 Å². The van der Waals surface area contributed by atoms with E-state index in [0.29, 0.717) is 0 Å². The summed E-state index contributed by atoms with van der Waals surface area (Å²) < 4.78 is 6.45. The molecule has 0 fully saturated rings. The zero-order valence-corrected chi connectivity index (χ0v) is 31.1. The first-order chi connectivity index (χ1) is 22.1. The summed E-state index contributed by atoms with van der Waals surface area (Å²) in [6.45, 7) is 14.8. The van der Waals surface area contributed by atoms with E-state index in [9.17, 15) is 9.90 Å². The molecule has 6 rings (SSSR count). The molecule has 0 unspecified atom stereocenters. The maximum absolute atomic E-state index is 11.7. The van der Waals surface area contributed by atoms with Crippen LogP contribution in [0.15, 0.2) is 77.2 Å². The van der Waals surface area contributed by atoms with Gasteiger partial charge in [-0.15, -0.1) is 29.1 Å². The van der Waals surface area contributed by atoms with Crippen molar-refractivity contribution in [2.75, 3.05) is 0 Å². The van der Waals surface area contributed by atoms with Crippen LogP contribution in [0.25, 0.3) is 44.3 Å². The molecule has 5 aromatic rings. The van der Waals surface area contributed by atoms with Gasteiger partial charge in [-0.3, -0.25) is 14.8 Å². The number of ketones is 1. The summed E-state index contributed by atoms with van der Waals surface area (Å²) in [4.78, 5) is 21.2. The van der Waals surface area contributed by atoms with Gasteiger partial charge in [0.1, 0.15) is 11.3 Å². The van der Waals surface area contributed by atoms with Gasteiger partial charge in [0.05, 0.1) is 11.5 Å². The molecule has 0 spiro atoms. The number of aromatic nitrogens is 2. The molecule has 3 aromatic heterocycles. The van der Waals surface area contributed by atoms with Crippen molar-refractivity contribution < 1.29 is 34.4 Å². The molecule has 1 aliphatic rings. The molecule has 1 N–H and O–H groups in total. The Balaban J connectivity index is 0.000000269. The molecule has 3 heterocycles. The molecule has 0 aliphatic heterocycles. The van der Waals surface area contributed by atoms with Crippen LogP contribution in [0.2, 0.25) is 0 Å². The zero-order valence-electron chi connectivity index (χ0n) is 28.7. The summed E-state index contributed by atoms with van der Waals surface area (Å²) in [5.41, 5.74) is 7.39. The first kappa shape index (κ1) is 36.2. The molecule has 5 nitrogen and oxygen atoms in total. The maximum atomic E-state index is 11.7. The quantitative estimate of drug-likeness (QED) is 0.0960. The number of aliphatic hydroxyl groups is 1. The van der Waals surface area contributed by atoms with Gasteiger partial charge in [0.2, 0.25) is 0 Å². The van der Waals surface area contributed by atoms with Crippen molar-refractivity contribution in [1.82, 2.24) is 9.97 Å². The summed E-state index contributed by atoms with van der Waals surface area (Å²) >= 11 is 0. The van der Waals surface area contributed by atoms with E-state index in [0.717, 1.165) is 83.2 Å². The molecule has 1 radical (unpaired) electrons. The third-order valence-electron chi connectivity index (χ3n) is 9.35. The summed E-state index contributed by atoms with van der Waals surface area (Å²) in [6.07, 6.45) is 10.5. The van der Waals surface area contributed by atoms with E-state index in [2.05, 4.69) is 74.3 Å². The number of allylic oxidation sites excluding steroid dienone is 2. The van der Waals surface area contributed by atoms with Crippen molar-refractivity contribution in [3.8, 4) is 22.5 Å². The Hall–Kier alpha value is -3.60. The number of hydrogen-bond donors (Lipinski definition) is 1. The summed E-state index contributed by atoms with van der Waals surface area (Å²) in [5.74, 6) is 1.55. The molecule has 2 aromatic carbocycles. The number of aliphatic hydroxyl groups excluding tert-OH is 1. The van der Waals surface area contributed by atoms with Crippen molar-refractivity contribution in [3.05, 3.63) is 95.7 Å². The number of pyridine rings is 2. The zero-order chi connectivity index (χ0) is 33.0. The molecule has 249 valence electrons. The van der Waals surface area contributed by atoms with E-state index >= 15 is 0 Å². The topological polar surface area (TPSA) is 76.2 Å². The molecule has 0 atom stereocenters. The fraction of sp³-hybridized carbons (Fsp3) is 0.390. The summed E-state index contributed by atoms with van der Waals surface area (Å²) in [7, 11) is 0. The van der Waals surface area contributed by atoms with E-state index in [1.165, 1.54) is 22.6 Å². The molecule has 1 aliphatic carbocycles. The second kappa shape index (κ2) is 15.5. The van der Waals surface area contributed by atoms with Crippen molar-refractivity contribution in [3.63, 3.8) is 0 Å². The standard InChI is InChI=1S/C28H23N2O.C13H24O2.Ir/c1-28(2,3)22-16-19(15-18-7-4-5-9-20(18)22)26-27-21(12-14-30-26)24-23(31-27)11-10-17-8-6-13-29-25(17)24;1-5-10(6-2)12(14)9-13(15)11(7-3)8-4;/h4-9,12-14,16H,10-11H2,1-3H3;9-11,14H,5-8H2,1-4H3;/q-1;;/b;12-9-;. The van der Waals surface area contributed by atoms with Crippen molar-refractivity contribution >= 4 is 27.5 Å². The van der Waals surface area contributed by atoms with Crippen LogP contribution in [-0.2, 0) is 43.2 Å². The van der Waals surface area contributed by atoms with E-state index in [1.54, 1.807) is 0 Å². The second-order valence-corrected chi connectivity index (χ2v) is 13.3. The fourth-order valence-electron chi connectivity index (χ4n) is 6.57. The normalized spacial score (nSPS) is 12.8. The maximum Gasteiger partial charge on any atom is 0.162 e. The van der Waals surface area contributed by atoms with Gasteiger partial charge < -0.3 is 9.52 Å². The number of nitrogens with zero attached hydrogens (tertiary/aromatic N) is 2. The number of aryl methyl sites for hydroxylation is 2. The van der Waals surface area contributed by atoms with Gasteiger partial charge in [-0.25, -0.2) is 0 Å². The monoisotopic (exact) mass is 808 g/mol. The van der Waals surface area contributed by atoms with Gasteiger partial charge >= 0.3 is 0 Å². The molecular weight excluding hydrogens is 761 g/mol. The average molecular weight is 808 g/mol. The van der Waals surface area contributed by atoms with Gasteiger partial charge in [0, 0.05) is 73.5 Å². The molecule has 0 saturated heterocycles. The predicted molar refractivity (Wildman–Crippen MR) is 189 cm³/mol. The number of hydrogen-bond acceptors (Lipinski definition) is 5. The first-order valence-corrected chi connectivity index (χ1v) is 16.9. The number of benzene rings is 2. The number of furan rings is 1. The molecular formula is C41H47IrN2O3-. The van der Waals surface area contributed by atoms with Gasteiger partial charge in [-0.05, 0) is 55.2 Å². The van der Waals surface area contributed by atoms with E-state index in [1.807, 2.05) is 46.2 Å². The Kier molecular flexibility index (Phi) is 12.0. The molecule has 0 amide bonds. The van der Waals surface area contributed by atoms with Gasteiger partial charge in [-0.1, -0.05) is 83.7 Å². The largest absolute Gasteiger partial charge is 0.512 e. The number of fused-ring (bicyclic) bond motifs is 6. The van der Waals surface area contributed by atoms with Crippen molar-refractivity contribution in [1.29, 1.82) is 0 Å². The van der Waals surface area contributed by atoms with E-state index < -0.39 is 0 Å². The van der Waals surface area contributed by atoms with Gasteiger partial charge in [-0.2, -0.15) is 0 Å². The second-order valence-electron chi connectivity index (χ2n) is 13.3. The SMILES string of the molecule is CC(C)(C)c1cc(-c2nccc3c4c(oc23)CCc2cccnc2-4)[c-]c2ccccc12.CCC(CC)C(=O)/C=C(\O)C(CC)CC.[Ir]. The van der Waals surface area contributed by atoms with Gasteiger partial charge in [0.25, 0.3) is 0 Å². The number of carbonyl (C=O) groups is 1. The van der Waals surface area contributed by atoms with Crippen LogP contribution in [-0.4, -0.2) is 20.9 Å². The number of rotatable bonds is 8. The predicted octanol–water partition coefficient (Wildman–Crippen LogP) is 10.8. The Morgan fingerprint density at radius 2 is 1.57 bits per heavy atom. The summed E-state index contributed by atoms with van der Waals surface area (Å²) in [5, 5.41) is 13.2. The van der Waals surface area contributed by atoms with Crippen LogP contribution in [0.4, 0.5) is 0 Å². The van der Waals surface area contributed by atoms with Crippen LogP contribution in [0.1, 0.15) is 91.0 Å². The van der Waals surface area contributed by atoms with Gasteiger partial charge in [0.15, 0.2) is 5.78 Å². The van der Waals surface area contributed by atoms with E-state index in [4.69, 9.17) is 9.40 Å². The Labute approximate surface area is 293 Å².